The topological polar surface area (TPSA) is 0 Å². The molecule has 0 aliphatic carbocycles. The first kappa shape index (κ1) is 11.1. The summed E-state index contributed by atoms with van der Waals surface area (Å²) in [6.07, 6.45) is 2.92. The molecule has 0 heteroatoms. The lowest BCUT2D eigenvalue weighted by molar-refractivity contribution is 0.674. The molecule has 0 amide bonds. The Hall–Kier alpha value is -0.880. The summed E-state index contributed by atoms with van der Waals surface area (Å²) in [5.74, 6) is 13.0. The molecule has 0 saturated carbocycles. The molecule has 1 atom stereocenters. The molecule has 0 N–H and O–H groups in total. The standard InChI is InChI=1S/C12H17/c1-5-6-9-12(4)10-7-8-11(2)3/h9,11-12H,8H2,1-4H3. The van der Waals surface area contributed by atoms with E-state index in [1.54, 1.807) is 0 Å². The third-order valence-electron chi connectivity index (χ3n) is 1.32. The van der Waals surface area contributed by atoms with Crippen LogP contribution in [0.3, 0.4) is 0 Å². The average Bonchev–Trinajstić information content (AvgIpc) is 2.00. The van der Waals surface area contributed by atoms with E-state index in [1.807, 2.05) is 13.3 Å². The molecular formula is C12H17. The quantitative estimate of drug-likeness (QED) is 0.546. The lowest BCUT2D eigenvalue weighted by Gasteiger charge is -1.96. The molecule has 0 aromatic carbocycles. The summed E-state index contributed by atoms with van der Waals surface area (Å²) in [6.45, 7) is 8.26. The van der Waals surface area contributed by atoms with Crippen molar-refractivity contribution in [3.8, 4) is 23.7 Å². The number of hydrogen-bond acceptors (Lipinski definition) is 0. The van der Waals surface area contributed by atoms with Gasteiger partial charge in [-0.3, -0.25) is 0 Å². The monoisotopic (exact) mass is 161 g/mol. The molecule has 0 fully saturated rings. The summed E-state index contributed by atoms with van der Waals surface area (Å²) in [5.41, 5.74) is 0. The van der Waals surface area contributed by atoms with E-state index < -0.39 is 0 Å². The van der Waals surface area contributed by atoms with E-state index in [2.05, 4.69) is 44.5 Å². The average molecular weight is 161 g/mol. The third-order valence-corrected chi connectivity index (χ3v) is 1.32. The van der Waals surface area contributed by atoms with E-state index in [0.717, 1.165) is 6.42 Å². The van der Waals surface area contributed by atoms with Crippen molar-refractivity contribution in [1.82, 2.24) is 0 Å². The third kappa shape index (κ3) is 7.23. The SMILES string of the molecule is CC#C[CH]C(C)C#CCC(C)C. The number of hydrogen-bond donors (Lipinski definition) is 0. The normalized spacial score (nSPS) is 11.1. The van der Waals surface area contributed by atoms with Crippen molar-refractivity contribution in [1.29, 1.82) is 0 Å². The van der Waals surface area contributed by atoms with Crippen LogP contribution in [0.5, 0.6) is 0 Å². The van der Waals surface area contributed by atoms with Crippen molar-refractivity contribution in [2.45, 2.75) is 34.1 Å². The van der Waals surface area contributed by atoms with Crippen molar-refractivity contribution >= 4 is 0 Å². The van der Waals surface area contributed by atoms with Crippen LogP contribution in [-0.4, -0.2) is 0 Å². The van der Waals surface area contributed by atoms with Crippen LogP contribution in [0.25, 0.3) is 0 Å². The van der Waals surface area contributed by atoms with Gasteiger partial charge in [0.15, 0.2) is 0 Å². The summed E-state index contributed by atoms with van der Waals surface area (Å²) in [5, 5.41) is 0. The van der Waals surface area contributed by atoms with Crippen LogP contribution < -0.4 is 0 Å². The predicted molar refractivity (Wildman–Crippen MR) is 54.1 cm³/mol. The first-order chi connectivity index (χ1) is 5.66. The van der Waals surface area contributed by atoms with Gasteiger partial charge in [-0.25, -0.2) is 0 Å². The molecule has 0 aliphatic rings. The summed E-state index contributed by atoms with van der Waals surface area (Å²) >= 11 is 0. The van der Waals surface area contributed by atoms with Crippen LogP contribution in [0, 0.1) is 41.9 Å². The molecule has 1 radical (unpaired) electrons. The van der Waals surface area contributed by atoms with Crippen molar-refractivity contribution < 1.29 is 0 Å². The minimum atomic E-state index is 0.302. The molecule has 65 valence electrons. The van der Waals surface area contributed by atoms with Gasteiger partial charge in [0.1, 0.15) is 0 Å². The van der Waals surface area contributed by atoms with Crippen molar-refractivity contribution in [3.05, 3.63) is 6.42 Å². The van der Waals surface area contributed by atoms with Gasteiger partial charge in [-0.05, 0) is 12.8 Å². The summed E-state index contributed by atoms with van der Waals surface area (Å²) < 4.78 is 0. The zero-order chi connectivity index (χ0) is 9.40. The lowest BCUT2D eigenvalue weighted by atomic mass is 10.1. The van der Waals surface area contributed by atoms with Crippen molar-refractivity contribution in [2.24, 2.45) is 11.8 Å². The van der Waals surface area contributed by atoms with E-state index >= 15 is 0 Å². The summed E-state index contributed by atoms with van der Waals surface area (Å²) in [4.78, 5) is 0. The van der Waals surface area contributed by atoms with Crippen molar-refractivity contribution in [2.75, 3.05) is 0 Å². The van der Waals surface area contributed by atoms with Gasteiger partial charge in [-0.1, -0.05) is 32.6 Å². The van der Waals surface area contributed by atoms with E-state index in [0.29, 0.717) is 11.8 Å². The molecule has 0 aromatic rings. The molecule has 0 spiro atoms. The Morgan fingerprint density at radius 3 is 2.42 bits per heavy atom. The van der Waals surface area contributed by atoms with Crippen LogP contribution in [0.15, 0.2) is 0 Å². The Morgan fingerprint density at radius 2 is 1.92 bits per heavy atom. The van der Waals surface area contributed by atoms with E-state index in [-0.39, 0.29) is 0 Å². The van der Waals surface area contributed by atoms with Gasteiger partial charge < -0.3 is 0 Å². The second-order valence-corrected chi connectivity index (χ2v) is 3.27. The highest BCUT2D eigenvalue weighted by molar-refractivity contribution is 5.17. The summed E-state index contributed by atoms with van der Waals surface area (Å²) in [6, 6.07) is 0. The Morgan fingerprint density at radius 1 is 1.25 bits per heavy atom. The van der Waals surface area contributed by atoms with Gasteiger partial charge in [0, 0.05) is 18.8 Å². The predicted octanol–water partition coefficient (Wildman–Crippen LogP) is 2.90. The van der Waals surface area contributed by atoms with Gasteiger partial charge >= 0.3 is 0 Å². The second-order valence-electron chi connectivity index (χ2n) is 3.27. The fourth-order valence-corrected chi connectivity index (χ4v) is 0.674. The Kier molecular flexibility index (Phi) is 6.31. The molecule has 0 rings (SSSR count). The minimum absolute atomic E-state index is 0.302. The number of rotatable bonds is 2. The zero-order valence-electron chi connectivity index (χ0n) is 8.44. The maximum absolute atomic E-state index is 3.14. The molecule has 12 heavy (non-hydrogen) atoms. The first-order valence-electron chi connectivity index (χ1n) is 4.40. The summed E-state index contributed by atoms with van der Waals surface area (Å²) in [7, 11) is 0. The highest BCUT2D eigenvalue weighted by atomic mass is 14.0. The van der Waals surface area contributed by atoms with Crippen LogP contribution >= 0.6 is 0 Å². The maximum atomic E-state index is 3.14. The van der Waals surface area contributed by atoms with Crippen LogP contribution in [-0.2, 0) is 0 Å². The van der Waals surface area contributed by atoms with Gasteiger partial charge in [0.2, 0.25) is 0 Å². The zero-order valence-corrected chi connectivity index (χ0v) is 8.44. The van der Waals surface area contributed by atoms with E-state index in [1.165, 1.54) is 0 Å². The van der Waals surface area contributed by atoms with Gasteiger partial charge in [-0.2, -0.15) is 0 Å². The van der Waals surface area contributed by atoms with Crippen molar-refractivity contribution in [3.63, 3.8) is 0 Å². The largest absolute Gasteiger partial charge is 0.106 e. The van der Waals surface area contributed by atoms with Gasteiger partial charge in [-0.15, -0.1) is 11.8 Å². The molecule has 0 saturated heterocycles. The fourth-order valence-electron chi connectivity index (χ4n) is 0.674. The van der Waals surface area contributed by atoms with E-state index in [9.17, 15) is 0 Å². The first-order valence-corrected chi connectivity index (χ1v) is 4.40. The molecule has 0 bridgehead atoms. The Labute approximate surface area is 76.8 Å². The Balaban J connectivity index is 3.68. The highest BCUT2D eigenvalue weighted by Crippen LogP contribution is 1.99. The molecule has 0 aromatic heterocycles. The van der Waals surface area contributed by atoms with Gasteiger partial charge in [0.25, 0.3) is 0 Å². The minimum Gasteiger partial charge on any atom is -0.106 e. The van der Waals surface area contributed by atoms with Crippen LogP contribution in [0.2, 0.25) is 0 Å². The fraction of sp³-hybridized carbons (Fsp3) is 0.583. The highest BCUT2D eigenvalue weighted by Gasteiger charge is 1.92. The Bertz CT molecular complexity index is 214. The molecular weight excluding hydrogens is 144 g/mol. The van der Waals surface area contributed by atoms with Crippen LogP contribution in [0.4, 0.5) is 0 Å². The van der Waals surface area contributed by atoms with E-state index in [4.69, 9.17) is 0 Å². The molecule has 0 nitrogen and oxygen atoms in total. The van der Waals surface area contributed by atoms with Crippen LogP contribution in [0.1, 0.15) is 34.1 Å². The second kappa shape index (κ2) is 6.81. The maximum Gasteiger partial charge on any atom is 0.0487 e. The van der Waals surface area contributed by atoms with Gasteiger partial charge in [0.05, 0.1) is 0 Å². The molecule has 0 aliphatic heterocycles. The lowest BCUT2D eigenvalue weighted by Crippen LogP contribution is -1.89. The smallest absolute Gasteiger partial charge is 0.0487 e. The molecule has 1 unspecified atom stereocenters. The molecule has 0 heterocycles.